The lowest BCUT2D eigenvalue weighted by atomic mass is 10.0. The molecular weight excluding hydrogens is 544 g/mol. The molecule has 2 fully saturated rings. The fourth-order valence-electron chi connectivity index (χ4n) is 5.14. The summed E-state index contributed by atoms with van der Waals surface area (Å²) in [6.45, 7) is 7.23. The third kappa shape index (κ3) is 8.79. The number of benzene rings is 2. The fourth-order valence-corrected chi connectivity index (χ4v) is 5.14. The van der Waals surface area contributed by atoms with E-state index in [2.05, 4.69) is 58.0 Å². The quantitative estimate of drug-likeness (QED) is 0.259. The first-order valence-electron chi connectivity index (χ1n) is 14.4. The molecule has 3 aromatic rings. The molecule has 0 aliphatic carbocycles. The van der Waals surface area contributed by atoms with E-state index >= 15 is 0 Å². The molecule has 2 N–H and O–H groups in total. The predicted octanol–water partition coefficient (Wildman–Crippen LogP) is 4.68. The molecular formula is C33H42N6O4. The summed E-state index contributed by atoms with van der Waals surface area (Å²) in [4.78, 5) is 33.5. The minimum atomic E-state index is -0.260. The van der Waals surface area contributed by atoms with Crippen LogP contribution in [0.15, 0.2) is 73.4 Å². The van der Waals surface area contributed by atoms with Crippen LogP contribution < -0.4 is 25.0 Å². The number of rotatable bonds is 10. The van der Waals surface area contributed by atoms with Gasteiger partial charge in [-0.1, -0.05) is 36.9 Å². The number of carbonyl (C=O) groups excluding carboxylic acids is 2. The standard InChI is InChI=1S/C26H36N6O3.C7H6O/c1-6-26(33)29-21-14-22(28-25-13-19(7-10-27-25)35-20-16-31(4)17-20)24(34-5)15-23(21)32-11-8-18(9-12-32)30(2)3;8-6-7-4-2-1-3-5-7/h6-7,10,13-15,18,20H,1,8-9,11-12,16-17H2,2-5H3,(H,27,28)(H,29,33);1-6H. The van der Waals surface area contributed by atoms with Gasteiger partial charge in [0.2, 0.25) is 5.91 Å². The maximum atomic E-state index is 12.2. The van der Waals surface area contributed by atoms with Crippen LogP contribution in [0.1, 0.15) is 23.2 Å². The van der Waals surface area contributed by atoms with Crippen molar-refractivity contribution in [1.29, 1.82) is 0 Å². The van der Waals surface area contributed by atoms with Crippen molar-refractivity contribution in [2.45, 2.75) is 25.0 Å². The van der Waals surface area contributed by atoms with Gasteiger partial charge in [0.25, 0.3) is 0 Å². The van der Waals surface area contributed by atoms with Gasteiger partial charge in [0.15, 0.2) is 0 Å². The van der Waals surface area contributed by atoms with E-state index in [-0.39, 0.29) is 12.0 Å². The number of piperidine rings is 1. The number of anilines is 4. The lowest BCUT2D eigenvalue weighted by Crippen LogP contribution is -2.51. The van der Waals surface area contributed by atoms with Crippen LogP contribution in [0.5, 0.6) is 11.5 Å². The van der Waals surface area contributed by atoms with Crippen molar-refractivity contribution in [3.8, 4) is 11.5 Å². The third-order valence-electron chi connectivity index (χ3n) is 7.56. The molecule has 2 saturated heterocycles. The van der Waals surface area contributed by atoms with Crippen molar-refractivity contribution in [3.05, 3.63) is 79.0 Å². The number of ether oxygens (including phenoxy) is 2. The molecule has 0 saturated carbocycles. The molecule has 2 aromatic carbocycles. The van der Waals surface area contributed by atoms with Gasteiger partial charge in [-0.15, -0.1) is 0 Å². The largest absolute Gasteiger partial charge is 0.494 e. The highest BCUT2D eigenvalue weighted by Gasteiger charge is 2.26. The van der Waals surface area contributed by atoms with Gasteiger partial charge in [0, 0.05) is 56.1 Å². The van der Waals surface area contributed by atoms with E-state index in [4.69, 9.17) is 9.47 Å². The molecule has 0 atom stereocenters. The van der Waals surface area contributed by atoms with Gasteiger partial charge < -0.3 is 29.9 Å². The van der Waals surface area contributed by atoms with E-state index in [1.54, 1.807) is 25.4 Å². The van der Waals surface area contributed by atoms with Crippen molar-refractivity contribution < 1.29 is 19.1 Å². The molecule has 2 aliphatic rings. The molecule has 0 bridgehead atoms. The normalized spacial score (nSPS) is 15.5. The summed E-state index contributed by atoms with van der Waals surface area (Å²) in [5.41, 5.74) is 3.06. The van der Waals surface area contributed by atoms with E-state index < -0.39 is 0 Å². The van der Waals surface area contributed by atoms with Gasteiger partial charge in [-0.05, 0) is 52.2 Å². The first-order chi connectivity index (χ1) is 20.8. The Morgan fingerprint density at radius 3 is 2.37 bits per heavy atom. The molecule has 3 heterocycles. The number of hydrogen-bond acceptors (Lipinski definition) is 9. The highest BCUT2D eigenvalue weighted by Crippen LogP contribution is 2.39. The van der Waals surface area contributed by atoms with Crippen molar-refractivity contribution in [1.82, 2.24) is 14.8 Å². The molecule has 5 rings (SSSR count). The smallest absolute Gasteiger partial charge is 0.247 e. The van der Waals surface area contributed by atoms with Crippen molar-refractivity contribution in [2.24, 2.45) is 0 Å². The summed E-state index contributed by atoms with van der Waals surface area (Å²) in [5, 5.41) is 6.31. The Balaban J connectivity index is 0.000000458. The van der Waals surface area contributed by atoms with Gasteiger partial charge in [-0.3, -0.25) is 14.5 Å². The number of aldehydes is 1. The molecule has 10 nitrogen and oxygen atoms in total. The monoisotopic (exact) mass is 586 g/mol. The number of hydrogen-bond donors (Lipinski definition) is 2. The lowest BCUT2D eigenvalue weighted by molar-refractivity contribution is -0.111. The van der Waals surface area contributed by atoms with Gasteiger partial charge in [0.05, 0.1) is 24.2 Å². The van der Waals surface area contributed by atoms with Crippen molar-refractivity contribution in [3.63, 3.8) is 0 Å². The molecule has 1 aromatic heterocycles. The number of methoxy groups -OCH3 is 1. The predicted molar refractivity (Wildman–Crippen MR) is 172 cm³/mol. The van der Waals surface area contributed by atoms with E-state index in [9.17, 15) is 9.59 Å². The fraction of sp³-hybridized carbons (Fsp3) is 0.364. The number of likely N-dealkylation sites (tertiary alicyclic amines) is 1. The van der Waals surface area contributed by atoms with Gasteiger partial charge in [-0.25, -0.2) is 4.98 Å². The number of nitrogens with one attached hydrogen (secondary N) is 2. The molecule has 228 valence electrons. The number of likely N-dealkylation sites (N-methyl/N-ethyl adjacent to an activating group) is 1. The summed E-state index contributed by atoms with van der Waals surface area (Å²) in [5.74, 6) is 1.80. The Morgan fingerprint density at radius 2 is 1.79 bits per heavy atom. The minimum Gasteiger partial charge on any atom is -0.494 e. The molecule has 0 unspecified atom stereocenters. The number of carbonyl (C=O) groups is 2. The van der Waals surface area contributed by atoms with E-state index in [1.807, 2.05) is 42.5 Å². The van der Waals surface area contributed by atoms with E-state index in [0.29, 0.717) is 29.0 Å². The van der Waals surface area contributed by atoms with Crippen LogP contribution in [0.3, 0.4) is 0 Å². The second-order valence-corrected chi connectivity index (χ2v) is 10.9. The Labute approximate surface area is 254 Å². The summed E-state index contributed by atoms with van der Waals surface area (Å²) in [6, 6.07) is 17.3. The zero-order valence-electron chi connectivity index (χ0n) is 25.5. The lowest BCUT2D eigenvalue weighted by Gasteiger charge is -2.37. The van der Waals surface area contributed by atoms with Gasteiger partial charge in [-0.2, -0.15) is 0 Å². The van der Waals surface area contributed by atoms with Crippen LogP contribution in [-0.4, -0.2) is 93.6 Å². The zero-order valence-corrected chi connectivity index (χ0v) is 25.5. The number of nitrogens with zero attached hydrogens (tertiary/aromatic N) is 4. The maximum Gasteiger partial charge on any atom is 0.247 e. The first kappa shape index (κ1) is 31.5. The minimum absolute atomic E-state index is 0.196. The Morgan fingerprint density at radius 1 is 1.07 bits per heavy atom. The summed E-state index contributed by atoms with van der Waals surface area (Å²) in [6.07, 6.45) is 6.13. The molecule has 2 aliphatic heterocycles. The van der Waals surface area contributed by atoms with Crippen LogP contribution in [0.4, 0.5) is 22.9 Å². The summed E-state index contributed by atoms with van der Waals surface area (Å²) in [7, 11) is 7.96. The van der Waals surface area contributed by atoms with Crippen LogP contribution >= 0.6 is 0 Å². The SMILES string of the molecule is C=CC(=O)Nc1cc(Nc2cc(OC3CN(C)C3)ccn2)c(OC)cc1N1CCC(N(C)C)CC1.O=Cc1ccccc1. The summed E-state index contributed by atoms with van der Waals surface area (Å²) < 4.78 is 11.8. The zero-order chi connectivity index (χ0) is 30.8. The average Bonchev–Trinajstić information content (AvgIpc) is 3.01. The van der Waals surface area contributed by atoms with Gasteiger partial charge in [0.1, 0.15) is 29.7 Å². The number of aromatic nitrogens is 1. The second kappa shape index (κ2) is 15.2. The molecule has 0 spiro atoms. The average molecular weight is 587 g/mol. The first-order valence-corrected chi connectivity index (χ1v) is 14.4. The van der Waals surface area contributed by atoms with Gasteiger partial charge >= 0.3 is 0 Å². The Bertz CT molecular complexity index is 1370. The highest BCUT2D eigenvalue weighted by molar-refractivity contribution is 6.02. The Kier molecular flexibility index (Phi) is 11.1. The van der Waals surface area contributed by atoms with E-state index in [0.717, 1.165) is 62.3 Å². The second-order valence-electron chi connectivity index (χ2n) is 10.9. The summed E-state index contributed by atoms with van der Waals surface area (Å²) >= 11 is 0. The molecule has 43 heavy (non-hydrogen) atoms. The van der Waals surface area contributed by atoms with Crippen LogP contribution in [0, 0.1) is 0 Å². The topological polar surface area (TPSA) is 99.3 Å². The van der Waals surface area contributed by atoms with E-state index in [1.165, 1.54) is 6.08 Å². The molecule has 1 amide bonds. The highest BCUT2D eigenvalue weighted by atomic mass is 16.5. The number of amides is 1. The van der Waals surface area contributed by atoms with Crippen molar-refractivity contribution >= 4 is 35.1 Å². The number of pyridine rings is 1. The molecule has 0 radical (unpaired) electrons. The van der Waals surface area contributed by atoms with Crippen molar-refractivity contribution in [2.75, 3.05) is 70.0 Å². The van der Waals surface area contributed by atoms with Crippen LogP contribution in [0.25, 0.3) is 0 Å². The Hall–Kier alpha value is -4.41. The maximum absolute atomic E-state index is 12.2. The molecule has 10 heteroatoms. The van der Waals surface area contributed by atoms with Crippen LogP contribution in [0.2, 0.25) is 0 Å². The van der Waals surface area contributed by atoms with Crippen LogP contribution in [-0.2, 0) is 4.79 Å². The third-order valence-corrected chi connectivity index (χ3v) is 7.56.